The summed E-state index contributed by atoms with van der Waals surface area (Å²) >= 11 is 1.30. The molecule has 0 saturated carbocycles. The predicted molar refractivity (Wildman–Crippen MR) is 122 cm³/mol. The molecule has 1 aromatic heterocycles. The van der Waals surface area contributed by atoms with Crippen LogP contribution in [-0.4, -0.2) is 53.7 Å². The second-order valence-electron chi connectivity index (χ2n) is 7.49. The summed E-state index contributed by atoms with van der Waals surface area (Å²) in [5.74, 6) is 0.483. The van der Waals surface area contributed by atoms with Gasteiger partial charge in [0.1, 0.15) is 22.5 Å². The van der Waals surface area contributed by atoms with Crippen LogP contribution in [0.25, 0.3) is 10.6 Å². The zero-order valence-corrected chi connectivity index (χ0v) is 18.9. The fourth-order valence-electron chi connectivity index (χ4n) is 3.69. The largest absolute Gasteiger partial charge is 0.497 e. The van der Waals surface area contributed by atoms with Gasteiger partial charge < -0.3 is 14.4 Å². The molecule has 0 spiro atoms. The molecule has 1 atom stereocenters. The molecule has 9 heteroatoms. The van der Waals surface area contributed by atoms with Gasteiger partial charge >= 0.3 is 0 Å². The van der Waals surface area contributed by atoms with Crippen LogP contribution >= 0.6 is 11.3 Å². The van der Waals surface area contributed by atoms with Gasteiger partial charge in [-0.15, -0.1) is 10.2 Å². The standard InChI is InChI=1S/C23H24N4O4S/c1-14-6-8-15(9-7-14)21-25-26-23(32-21)24-20(28)18-5-4-12-27(18)22(29)17-11-10-16(30-2)13-19(17)31-3/h6-11,13,18H,4-5,12H2,1-3H3,(H,24,26,28). The molecule has 1 aliphatic heterocycles. The van der Waals surface area contributed by atoms with Crippen molar-refractivity contribution in [3.05, 3.63) is 53.6 Å². The molecule has 0 bridgehead atoms. The third kappa shape index (κ3) is 4.43. The quantitative estimate of drug-likeness (QED) is 0.612. The van der Waals surface area contributed by atoms with E-state index in [-0.39, 0.29) is 11.8 Å². The van der Waals surface area contributed by atoms with E-state index in [2.05, 4.69) is 15.5 Å². The van der Waals surface area contributed by atoms with E-state index in [1.165, 1.54) is 18.4 Å². The van der Waals surface area contributed by atoms with Crippen LogP contribution in [0.15, 0.2) is 42.5 Å². The highest BCUT2D eigenvalue weighted by atomic mass is 32.1. The lowest BCUT2D eigenvalue weighted by Crippen LogP contribution is -2.43. The lowest BCUT2D eigenvalue weighted by atomic mass is 10.1. The first kappa shape index (κ1) is 21.8. The number of amides is 2. The number of carbonyl (C=O) groups is 2. The van der Waals surface area contributed by atoms with E-state index in [4.69, 9.17) is 9.47 Å². The average molecular weight is 453 g/mol. The Kier molecular flexibility index (Phi) is 6.36. The van der Waals surface area contributed by atoms with E-state index >= 15 is 0 Å². The number of likely N-dealkylation sites (tertiary alicyclic amines) is 1. The molecular formula is C23H24N4O4S. The summed E-state index contributed by atoms with van der Waals surface area (Å²) in [4.78, 5) is 27.8. The van der Waals surface area contributed by atoms with E-state index in [1.54, 1.807) is 30.2 Å². The summed E-state index contributed by atoms with van der Waals surface area (Å²) in [6.07, 6.45) is 1.33. The molecule has 1 unspecified atom stereocenters. The monoisotopic (exact) mass is 452 g/mol. The topological polar surface area (TPSA) is 93.7 Å². The number of carbonyl (C=O) groups excluding carboxylic acids is 2. The van der Waals surface area contributed by atoms with Gasteiger partial charge in [-0.1, -0.05) is 41.2 Å². The van der Waals surface area contributed by atoms with Crippen molar-refractivity contribution in [2.45, 2.75) is 25.8 Å². The third-order valence-electron chi connectivity index (χ3n) is 5.41. The highest BCUT2D eigenvalue weighted by Crippen LogP contribution is 2.30. The Labute approximate surface area is 190 Å². The molecule has 32 heavy (non-hydrogen) atoms. The zero-order chi connectivity index (χ0) is 22.7. The van der Waals surface area contributed by atoms with Crippen LogP contribution in [0.3, 0.4) is 0 Å². The fraction of sp³-hybridized carbons (Fsp3) is 0.304. The summed E-state index contributed by atoms with van der Waals surface area (Å²) in [5.41, 5.74) is 2.50. The molecular weight excluding hydrogens is 428 g/mol. The Morgan fingerprint density at radius 3 is 2.59 bits per heavy atom. The molecule has 2 heterocycles. The summed E-state index contributed by atoms with van der Waals surface area (Å²) < 4.78 is 10.6. The minimum Gasteiger partial charge on any atom is -0.497 e. The maximum absolute atomic E-state index is 13.2. The van der Waals surface area contributed by atoms with E-state index in [0.29, 0.717) is 35.2 Å². The molecule has 8 nitrogen and oxygen atoms in total. The van der Waals surface area contributed by atoms with Gasteiger partial charge in [0, 0.05) is 18.2 Å². The third-order valence-corrected chi connectivity index (χ3v) is 6.30. The maximum Gasteiger partial charge on any atom is 0.258 e. The number of benzene rings is 2. The van der Waals surface area contributed by atoms with Gasteiger partial charge in [-0.05, 0) is 31.9 Å². The molecule has 1 N–H and O–H groups in total. The smallest absolute Gasteiger partial charge is 0.258 e. The Morgan fingerprint density at radius 2 is 1.88 bits per heavy atom. The first-order valence-electron chi connectivity index (χ1n) is 10.2. The highest BCUT2D eigenvalue weighted by molar-refractivity contribution is 7.18. The summed E-state index contributed by atoms with van der Waals surface area (Å²) in [6.45, 7) is 2.52. The van der Waals surface area contributed by atoms with Gasteiger partial charge in [0.05, 0.1) is 19.8 Å². The SMILES string of the molecule is COc1ccc(C(=O)N2CCCC2C(=O)Nc2nnc(-c3ccc(C)cc3)s2)c(OC)c1. The number of methoxy groups -OCH3 is 2. The first-order valence-corrected chi connectivity index (χ1v) is 11.1. The van der Waals surface area contributed by atoms with Crippen molar-refractivity contribution in [1.82, 2.24) is 15.1 Å². The van der Waals surface area contributed by atoms with Crippen molar-refractivity contribution < 1.29 is 19.1 Å². The van der Waals surface area contributed by atoms with Crippen LogP contribution in [0, 0.1) is 6.92 Å². The normalized spacial score (nSPS) is 15.5. The maximum atomic E-state index is 13.2. The number of hydrogen-bond acceptors (Lipinski definition) is 7. The van der Waals surface area contributed by atoms with Gasteiger partial charge in [-0.25, -0.2) is 0 Å². The van der Waals surface area contributed by atoms with E-state index in [1.807, 2.05) is 31.2 Å². The second-order valence-corrected chi connectivity index (χ2v) is 8.47. The van der Waals surface area contributed by atoms with Gasteiger partial charge in [0.2, 0.25) is 11.0 Å². The lowest BCUT2D eigenvalue weighted by molar-refractivity contribution is -0.119. The number of ether oxygens (including phenoxy) is 2. The Hall–Kier alpha value is -3.46. The molecule has 0 aliphatic carbocycles. The zero-order valence-electron chi connectivity index (χ0n) is 18.1. The Balaban J connectivity index is 1.48. The molecule has 1 fully saturated rings. The van der Waals surface area contributed by atoms with Crippen LogP contribution < -0.4 is 14.8 Å². The average Bonchev–Trinajstić information content (AvgIpc) is 3.48. The van der Waals surface area contributed by atoms with Crippen LogP contribution in [0.4, 0.5) is 5.13 Å². The molecule has 0 radical (unpaired) electrons. The van der Waals surface area contributed by atoms with E-state index in [9.17, 15) is 9.59 Å². The van der Waals surface area contributed by atoms with E-state index < -0.39 is 6.04 Å². The van der Waals surface area contributed by atoms with Crippen LogP contribution in [0.1, 0.15) is 28.8 Å². The highest BCUT2D eigenvalue weighted by Gasteiger charge is 2.36. The Bertz CT molecular complexity index is 1130. The number of hydrogen-bond donors (Lipinski definition) is 1. The van der Waals surface area contributed by atoms with Crippen molar-refractivity contribution >= 4 is 28.3 Å². The predicted octanol–water partition coefficient (Wildman–Crippen LogP) is 3.77. The minimum atomic E-state index is -0.582. The van der Waals surface area contributed by atoms with Crippen molar-refractivity contribution in [1.29, 1.82) is 0 Å². The van der Waals surface area contributed by atoms with Crippen molar-refractivity contribution in [2.75, 3.05) is 26.1 Å². The molecule has 4 rings (SSSR count). The van der Waals surface area contributed by atoms with Gasteiger partial charge in [0.25, 0.3) is 5.91 Å². The van der Waals surface area contributed by atoms with E-state index in [0.717, 1.165) is 22.6 Å². The number of rotatable bonds is 6. The van der Waals surface area contributed by atoms with Crippen LogP contribution in [-0.2, 0) is 4.79 Å². The van der Waals surface area contributed by atoms with Crippen molar-refractivity contribution in [2.24, 2.45) is 0 Å². The minimum absolute atomic E-state index is 0.250. The molecule has 1 aliphatic rings. The lowest BCUT2D eigenvalue weighted by Gasteiger charge is -2.24. The number of aryl methyl sites for hydroxylation is 1. The number of nitrogens with zero attached hydrogens (tertiary/aromatic N) is 3. The number of anilines is 1. The van der Waals surface area contributed by atoms with Gasteiger partial charge in [-0.3, -0.25) is 14.9 Å². The number of aromatic nitrogens is 2. The summed E-state index contributed by atoms with van der Waals surface area (Å²) in [7, 11) is 3.05. The first-order chi connectivity index (χ1) is 15.5. The van der Waals surface area contributed by atoms with Crippen molar-refractivity contribution in [3.8, 4) is 22.1 Å². The summed E-state index contributed by atoms with van der Waals surface area (Å²) in [6, 6.07) is 12.4. The van der Waals surface area contributed by atoms with Gasteiger partial charge in [0.15, 0.2) is 0 Å². The van der Waals surface area contributed by atoms with Crippen LogP contribution in [0.2, 0.25) is 0 Å². The molecule has 2 amide bonds. The molecule has 1 saturated heterocycles. The molecule has 3 aromatic rings. The van der Waals surface area contributed by atoms with Gasteiger partial charge in [-0.2, -0.15) is 0 Å². The second kappa shape index (κ2) is 9.35. The Morgan fingerprint density at radius 1 is 1.09 bits per heavy atom. The molecule has 166 valence electrons. The van der Waals surface area contributed by atoms with Crippen molar-refractivity contribution in [3.63, 3.8) is 0 Å². The fourth-order valence-corrected chi connectivity index (χ4v) is 4.44. The van der Waals surface area contributed by atoms with Crippen LogP contribution in [0.5, 0.6) is 11.5 Å². The number of nitrogens with one attached hydrogen (secondary N) is 1. The summed E-state index contributed by atoms with van der Waals surface area (Å²) in [5, 5.41) is 12.2. The molecule has 2 aromatic carbocycles.